The lowest BCUT2D eigenvalue weighted by molar-refractivity contribution is -0.135. The average molecular weight is 262 g/mol. The van der Waals surface area contributed by atoms with Gasteiger partial charge in [0.15, 0.2) is 0 Å². The standard InChI is InChI=1S/C15H22N2O2/c1-3-4-10-16-14(18)11-15(19)17(2)12-13-8-6-5-7-9-13/h5-9H,3-4,10-12H2,1-2H3,(H,16,18). The molecule has 0 atom stereocenters. The van der Waals surface area contributed by atoms with Gasteiger partial charge in [0.25, 0.3) is 0 Å². The van der Waals surface area contributed by atoms with E-state index in [1.807, 2.05) is 30.3 Å². The van der Waals surface area contributed by atoms with E-state index in [2.05, 4.69) is 12.2 Å². The molecule has 1 N–H and O–H groups in total. The summed E-state index contributed by atoms with van der Waals surface area (Å²) < 4.78 is 0. The molecule has 0 aliphatic rings. The summed E-state index contributed by atoms with van der Waals surface area (Å²) in [5.74, 6) is -0.351. The average Bonchev–Trinajstić information content (AvgIpc) is 2.40. The number of nitrogens with one attached hydrogen (secondary N) is 1. The highest BCUT2D eigenvalue weighted by molar-refractivity contribution is 5.96. The number of rotatable bonds is 7. The summed E-state index contributed by atoms with van der Waals surface area (Å²) in [6, 6.07) is 9.74. The Morgan fingerprint density at radius 3 is 2.53 bits per heavy atom. The number of hydrogen-bond acceptors (Lipinski definition) is 2. The molecule has 0 fully saturated rings. The van der Waals surface area contributed by atoms with Gasteiger partial charge in [-0.1, -0.05) is 43.7 Å². The Hall–Kier alpha value is -1.84. The lowest BCUT2D eigenvalue weighted by Gasteiger charge is -2.17. The summed E-state index contributed by atoms with van der Waals surface area (Å²) >= 11 is 0. The summed E-state index contributed by atoms with van der Waals surface area (Å²) in [4.78, 5) is 25.0. The first kappa shape index (κ1) is 15.2. The first-order valence-corrected chi connectivity index (χ1v) is 6.68. The molecule has 19 heavy (non-hydrogen) atoms. The molecule has 2 amide bonds. The number of nitrogens with zero attached hydrogens (tertiary/aromatic N) is 1. The third kappa shape index (κ3) is 6.04. The van der Waals surface area contributed by atoms with Crippen LogP contribution in [0.15, 0.2) is 30.3 Å². The highest BCUT2D eigenvalue weighted by Crippen LogP contribution is 2.03. The fraction of sp³-hybridized carbons (Fsp3) is 0.467. The molecule has 4 nitrogen and oxygen atoms in total. The van der Waals surface area contributed by atoms with E-state index in [0.717, 1.165) is 18.4 Å². The summed E-state index contributed by atoms with van der Waals surface area (Å²) in [7, 11) is 1.72. The Balaban J connectivity index is 2.34. The topological polar surface area (TPSA) is 49.4 Å². The Bertz CT molecular complexity index is 404. The number of benzene rings is 1. The minimum atomic E-state index is -0.196. The molecule has 1 aromatic carbocycles. The van der Waals surface area contributed by atoms with Crippen LogP contribution in [0.25, 0.3) is 0 Å². The molecule has 0 heterocycles. The SMILES string of the molecule is CCCCNC(=O)CC(=O)N(C)Cc1ccccc1. The number of unbranched alkanes of at least 4 members (excludes halogenated alkanes) is 1. The first-order valence-electron chi connectivity index (χ1n) is 6.68. The molecule has 1 aromatic rings. The maximum atomic E-state index is 11.9. The van der Waals surface area contributed by atoms with Crippen molar-refractivity contribution in [3.63, 3.8) is 0 Å². The predicted molar refractivity (Wildman–Crippen MR) is 75.5 cm³/mol. The van der Waals surface area contributed by atoms with Gasteiger partial charge in [-0.2, -0.15) is 0 Å². The molecule has 0 aliphatic heterocycles. The maximum Gasteiger partial charge on any atom is 0.232 e. The molecule has 0 aromatic heterocycles. The van der Waals surface area contributed by atoms with E-state index in [1.54, 1.807) is 11.9 Å². The lowest BCUT2D eigenvalue weighted by Crippen LogP contribution is -2.33. The molecule has 0 saturated carbocycles. The van der Waals surface area contributed by atoms with Gasteiger partial charge < -0.3 is 10.2 Å². The van der Waals surface area contributed by atoms with Gasteiger partial charge in [0.2, 0.25) is 11.8 Å². The highest BCUT2D eigenvalue weighted by Gasteiger charge is 2.13. The van der Waals surface area contributed by atoms with Crippen LogP contribution in [0.2, 0.25) is 0 Å². The van der Waals surface area contributed by atoms with Crippen molar-refractivity contribution in [1.29, 1.82) is 0 Å². The Morgan fingerprint density at radius 1 is 1.21 bits per heavy atom. The summed E-state index contributed by atoms with van der Waals surface area (Å²) in [5.41, 5.74) is 1.06. The monoisotopic (exact) mass is 262 g/mol. The number of carbonyl (C=O) groups excluding carboxylic acids is 2. The van der Waals surface area contributed by atoms with Crippen LogP contribution in [0.1, 0.15) is 31.7 Å². The highest BCUT2D eigenvalue weighted by atomic mass is 16.2. The molecule has 104 valence electrons. The second-order valence-electron chi connectivity index (χ2n) is 4.62. The Kier molecular flexibility index (Phi) is 6.64. The van der Waals surface area contributed by atoms with Gasteiger partial charge in [0.1, 0.15) is 6.42 Å². The second-order valence-corrected chi connectivity index (χ2v) is 4.62. The van der Waals surface area contributed by atoms with Crippen molar-refractivity contribution in [1.82, 2.24) is 10.2 Å². The third-order valence-corrected chi connectivity index (χ3v) is 2.85. The minimum Gasteiger partial charge on any atom is -0.356 e. The zero-order chi connectivity index (χ0) is 14.1. The lowest BCUT2D eigenvalue weighted by atomic mass is 10.2. The van der Waals surface area contributed by atoms with Crippen molar-refractivity contribution >= 4 is 11.8 Å². The zero-order valence-electron chi connectivity index (χ0n) is 11.7. The van der Waals surface area contributed by atoms with Crippen LogP contribution < -0.4 is 5.32 Å². The number of carbonyl (C=O) groups is 2. The first-order chi connectivity index (χ1) is 9.13. The zero-order valence-corrected chi connectivity index (χ0v) is 11.7. The van der Waals surface area contributed by atoms with Crippen molar-refractivity contribution in [2.75, 3.05) is 13.6 Å². The van der Waals surface area contributed by atoms with Crippen LogP contribution in [0.5, 0.6) is 0 Å². The van der Waals surface area contributed by atoms with Crippen LogP contribution >= 0.6 is 0 Å². The Morgan fingerprint density at radius 2 is 1.89 bits per heavy atom. The summed E-state index contributed by atoms with van der Waals surface area (Å²) in [5, 5.41) is 2.75. The number of amides is 2. The van der Waals surface area contributed by atoms with Crippen molar-refractivity contribution < 1.29 is 9.59 Å². The van der Waals surface area contributed by atoms with Gasteiger partial charge >= 0.3 is 0 Å². The second kappa shape index (κ2) is 8.29. The molecule has 0 unspecified atom stereocenters. The number of hydrogen-bond donors (Lipinski definition) is 1. The van der Waals surface area contributed by atoms with E-state index in [1.165, 1.54) is 0 Å². The van der Waals surface area contributed by atoms with Crippen molar-refractivity contribution in [3.8, 4) is 0 Å². The molecule has 0 saturated heterocycles. The van der Waals surface area contributed by atoms with Crippen LogP contribution in [0, 0.1) is 0 Å². The molecule has 4 heteroatoms. The van der Waals surface area contributed by atoms with E-state index >= 15 is 0 Å². The third-order valence-electron chi connectivity index (χ3n) is 2.85. The van der Waals surface area contributed by atoms with E-state index in [4.69, 9.17) is 0 Å². The van der Waals surface area contributed by atoms with Crippen LogP contribution in [-0.2, 0) is 16.1 Å². The van der Waals surface area contributed by atoms with Crippen LogP contribution in [0.3, 0.4) is 0 Å². The smallest absolute Gasteiger partial charge is 0.232 e. The van der Waals surface area contributed by atoms with Gasteiger partial charge in [-0.25, -0.2) is 0 Å². The van der Waals surface area contributed by atoms with E-state index in [0.29, 0.717) is 13.1 Å². The van der Waals surface area contributed by atoms with Gasteiger partial charge in [0, 0.05) is 20.1 Å². The van der Waals surface area contributed by atoms with Crippen LogP contribution in [-0.4, -0.2) is 30.3 Å². The fourth-order valence-electron chi connectivity index (χ4n) is 1.68. The molecule has 1 rings (SSSR count). The van der Waals surface area contributed by atoms with Crippen molar-refractivity contribution in [3.05, 3.63) is 35.9 Å². The fourth-order valence-corrected chi connectivity index (χ4v) is 1.68. The van der Waals surface area contributed by atoms with Gasteiger partial charge in [-0.3, -0.25) is 9.59 Å². The van der Waals surface area contributed by atoms with Crippen molar-refractivity contribution in [2.24, 2.45) is 0 Å². The van der Waals surface area contributed by atoms with Crippen molar-refractivity contribution in [2.45, 2.75) is 32.7 Å². The molecule has 0 spiro atoms. The van der Waals surface area contributed by atoms with Gasteiger partial charge in [-0.05, 0) is 12.0 Å². The van der Waals surface area contributed by atoms with Crippen LogP contribution in [0.4, 0.5) is 0 Å². The maximum absolute atomic E-state index is 11.9. The van der Waals surface area contributed by atoms with E-state index in [9.17, 15) is 9.59 Å². The Labute approximate surface area is 114 Å². The molecular formula is C15H22N2O2. The summed E-state index contributed by atoms with van der Waals surface area (Å²) in [6.45, 7) is 3.23. The largest absolute Gasteiger partial charge is 0.356 e. The normalized spacial score (nSPS) is 10.0. The van der Waals surface area contributed by atoms with E-state index in [-0.39, 0.29) is 18.2 Å². The van der Waals surface area contributed by atoms with E-state index < -0.39 is 0 Å². The quantitative estimate of drug-likeness (QED) is 0.603. The molecule has 0 aliphatic carbocycles. The molecular weight excluding hydrogens is 240 g/mol. The molecule has 0 radical (unpaired) electrons. The summed E-state index contributed by atoms with van der Waals surface area (Å²) in [6.07, 6.45) is 1.90. The van der Waals surface area contributed by atoms with Gasteiger partial charge in [0.05, 0.1) is 0 Å². The van der Waals surface area contributed by atoms with Gasteiger partial charge in [-0.15, -0.1) is 0 Å². The molecule has 0 bridgehead atoms. The predicted octanol–water partition coefficient (Wildman–Crippen LogP) is 1.95. The minimum absolute atomic E-state index is 0.0763.